The quantitative estimate of drug-likeness (QED) is 0.0969. The third-order valence-electron chi connectivity index (χ3n) is 14.0. The number of carbonyl (C=O) groups is 6. The van der Waals surface area contributed by atoms with Gasteiger partial charge in [0.1, 0.15) is 29.3 Å². The molecule has 0 bridgehead atoms. The van der Waals surface area contributed by atoms with E-state index in [0.29, 0.717) is 32.8 Å². The van der Waals surface area contributed by atoms with Crippen molar-refractivity contribution in [1.82, 2.24) is 41.0 Å². The first-order valence-electron chi connectivity index (χ1n) is 25.3. The minimum atomic E-state index is -1.21. The Morgan fingerprint density at radius 1 is 0.773 bits per heavy atom. The standard InChI is InChI=1S/C57H66Cl2N8O8/c1-36-32-62-52(68)31-47(28-39-11-17-44(58)18-12-39)66(4)57(73)50(35-74-5)64-54(70)37(2)67(53(69)29-43(56(72)65(36)3)27-38-9-7-6-8-10-38)34-42-13-19-45(59)30-51(42)75-48-20-14-40(15-21-48)41-16-22-49(61-33-41)55(71)63-46-23-25-60-26-24-46/h6-22,30,33,36-37,43,46-47,50,60H,23-29,31-32,34-35H2,1-5H3,(H,62,68)(H,63,71)(H,64,70)/t36-,37-,43+,47-,50-/m0/s1. The highest BCUT2D eigenvalue weighted by atomic mass is 35.5. The van der Waals surface area contributed by atoms with Crippen LogP contribution in [-0.2, 0) is 48.1 Å². The van der Waals surface area contributed by atoms with E-state index in [2.05, 4.69) is 26.3 Å². The molecule has 0 unspecified atom stereocenters. The summed E-state index contributed by atoms with van der Waals surface area (Å²) < 4.78 is 12.0. The molecule has 6 amide bonds. The van der Waals surface area contributed by atoms with Gasteiger partial charge in [0.15, 0.2) is 0 Å². The molecule has 4 aromatic carbocycles. The maximum Gasteiger partial charge on any atom is 0.270 e. The highest BCUT2D eigenvalue weighted by molar-refractivity contribution is 6.31. The van der Waals surface area contributed by atoms with E-state index in [9.17, 15) is 24.0 Å². The second kappa shape index (κ2) is 26.6. The van der Waals surface area contributed by atoms with Crippen molar-refractivity contribution in [2.75, 3.05) is 47.4 Å². The molecule has 2 aliphatic heterocycles. The SMILES string of the molecule is COC[C@@H]1NC(=O)[C@H](C)N(Cc2ccc(Cl)cc2Oc2ccc(-c3ccc(C(=O)NC4CCNCC4)nc3)cc2)C(=O)C[C@@H](Cc2ccccc2)C(=O)N(C)[C@@H](C)CNC(=O)C[C@H](Cc2ccc(Cl)cc2)N(C)C1=O. The third kappa shape index (κ3) is 15.4. The Morgan fingerprint density at radius 3 is 2.13 bits per heavy atom. The van der Waals surface area contributed by atoms with Gasteiger partial charge in [0.2, 0.25) is 29.5 Å². The Hall–Kier alpha value is -6.85. The fourth-order valence-electron chi connectivity index (χ4n) is 9.25. The molecule has 3 heterocycles. The Morgan fingerprint density at radius 2 is 1.45 bits per heavy atom. The molecule has 0 aliphatic carbocycles. The molecule has 5 atom stereocenters. The molecule has 0 saturated carbocycles. The summed E-state index contributed by atoms with van der Waals surface area (Å²) in [6.07, 6.45) is 3.53. The summed E-state index contributed by atoms with van der Waals surface area (Å²) in [5, 5.41) is 13.1. The number of carbonyl (C=O) groups excluding carboxylic acids is 6. The summed E-state index contributed by atoms with van der Waals surface area (Å²) in [7, 11) is 4.63. The number of halogens is 2. The van der Waals surface area contributed by atoms with Gasteiger partial charge in [-0.05, 0) is 112 Å². The van der Waals surface area contributed by atoms with E-state index in [4.69, 9.17) is 32.7 Å². The monoisotopic (exact) mass is 1060 g/mol. The second-order valence-electron chi connectivity index (χ2n) is 19.4. The van der Waals surface area contributed by atoms with Crippen LogP contribution in [0.2, 0.25) is 10.0 Å². The molecule has 5 aromatic rings. The molecule has 4 N–H and O–H groups in total. The van der Waals surface area contributed by atoms with E-state index < -0.39 is 47.8 Å². The fourth-order valence-corrected chi connectivity index (χ4v) is 9.54. The molecule has 2 saturated heterocycles. The smallest absolute Gasteiger partial charge is 0.270 e. The maximum atomic E-state index is 15.1. The van der Waals surface area contributed by atoms with Crippen LogP contribution in [0.25, 0.3) is 11.1 Å². The van der Waals surface area contributed by atoms with Crippen molar-refractivity contribution in [2.24, 2.45) is 5.92 Å². The summed E-state index contributed by atoms with van der Waals surface area (Å²) in [6, 6.07) is 28.9. The van der Waals surface area contributed by atoms with Crippen LogP contribution in [0.5, 0.6) is 11.5 Å². The van der Waals surface area contributed by atoms with Gasteiger partial charge in [-0.25, -0.2) is 0 Å². The summed E-state index contributed by atoms with van der Waals surface area (Å²) in [4.78, 5) is 94.2. The number of ether oxygens (including phenoxy) is 2. The number of likely N-dealkylation sites (N-methyl/N-ethyl adjacent to an activating group) is 2. The van der Waals surface area contributed by atoms with Crippen molar-refractivity contribution in [3.63, 3.8) is 0 Å². The molecule has 396 valence electrons. The predicted octanol–water partition coefficient (Wildman–Crippen LogP) is 6.86. The predicted molar refractivity (Wildman–Crippen MR) is 288 cm³/mol. The summed E-state index contributed by atoms with van der Waals surface area (Å²) in [5.41, 5.74) is 4.12. The van der Waals surface area contributed by atoms with Crippen LogP contribution in [0.3, 0.4) is 0 Å². The van der Waals surface area contributed by atoms with Crippen LogP contribution in [0, 0.1) is 5.92 Å². The zero-order chi connectivity index (χ0) is 53.6. The van der Waals surface area contributed by atoms with Crippen molar-refractivity contribution in [1.29, 1.82) is 0 Å². The van der Waals surface area contributed by atoms with Gasteiger partial charge >= 0.3 is 0 Å². The molecular weight excluding hydrogens is 996 g/mol. The van der Waals surface area contributed by atoms with Crippen LogP contribution in [0.1, 0.15) is 66.7 Å². The lowest BCUT2D eigenvalue weighted by Gasteiger charge is -2.35. The fraction of sp³-hybridized carbons (Fsp3) is 0.386. The minimum absolute atomic E-state index is 0.0840. The Bertz CT molecular complexity index is 2760. The molecule has 16 nitrogen and oxygen atoms in total. The third-order valence-corrected chi connectivity index (χ3v) is 14.5. The van der Waals surface area contributed by atoms with E-state index in [1.54, 1.807) is 80.6 Å². The van der Waals surface area contributed by atoms with Crippen LogP contribution in [0.4, 0.5) is 0 Å². The number of aromatic nitrogens is 1. The van der Waals surface area contributed by atoms with Crippen LogP contribution >= 0.6 is 23.2 Å². The normalized spacial score (nSPS) is 21.0. The topological polar surface area (TPSA) is 192 Å². The van der Waals surface area contributed by atoms with Crippen molar-refractivity contribution in [2.45, 2.75) is 89.1 Å². The van der Waals surface area contributed by atoms with Gasteiger partial charge in [-0.2, -0.15) is 0 Å². The van der Waals surface area contributed by atoms with E-state index >= 15 is 4.79 Å². The van der Waals surface area contributed by atoms with Crippen LogP contribution in [0.15, 0.2) is 115 Å². The molecule has 2 aliphatic rings. The first kappa shape index (κ1) is 55.9. The summed E-state index contributed by atoms with van der Waals surface area (Å²) in [5.74, 6) is -2.65. The first-order chi connectivity index (χ1) is 36.1. The minimum Gasteiger partial charge on any atom is -0.457 e. The van der Waals surface area contributed by atoms with Gasteiger partial charge in [-0.15, -0.1) is 0 Å². The molecule has 0 radical (unpaired) electrons. The highest BCUT2D eigenvalue weighted by Crippen LogP contribution is 2.32. The van der Waals surface area contributed by atoms with Crippen molar-refractivity contribution < 1.29 is 38.2 Å². The summed E-state index contributed by atoms with van der Waals surface area (Å²) in [6.45, 7) is 4.85. The van der Waals surface area contributed by atoms with E-state index in [-0.39, 0.29) is 69.1 Å². The molecule has 18 heteroatoms. The summed E-state index contributed by atoms with van der Waals surface area (Å²) >= 11 is 12.8. The lowest BCUT2D eigenvalue weighted by molar-refractivity contribution is -0.147. The van der Waals surface area contributed by atoms with Gasteiger partial charge in [-0.1, -0.05) is 89.9 Å². The molecule has 7 rings (SSSR count). The number of pyridine rings is 1. The molecule has 0 spiro atoms. The zero-order valence-electron chi connectivity index (χ0n) is 43.0. The maximum absolute atomic E-state index is 15.1. The van der Waals surface area contributed by atoms with Crippen molar-refractivity contribution >= 4 is 58.6 Å². The molecule has 2 fully saturated rings. The number of hydrogen-bond donors (Lipinski definition) is 4. The first-order valence-corrected chi connectivity index (χ1v) is 26.0. The second-order valence-corrected chi connectivity index (χ2v) is 20.2. The number of hydrogen-bond acceptors (Lipinski definition) is 10. The number of nitrogens with zero attached hydrogens (tertiary/aromatic N) is 4. The molecule has 75 heavy (non-hydrogen) atoms. The number of rotatable bonds is 13. The molecule has 1 aromatic heterocycles. The largest absolute Gasteiger partial charge is 0.457 e. The van der Waals surface area contributed by atoms with Gasteiger partial charge in [-0.3, -0.25) is 33.8 Å². The van der Waals surface area contributed by atoms with Crippen molar-refractivity contribution in [3.05, 3.63) is 148 Å². The van der Waals surface area contributed by atoms with Crippen LogP contribution in [-0.4, -0.2) is 133 Å². The van der Waals surface area contributed by atoms with E-state index in [0.717, 1.165) is 48.2 Å². The number of benzene rings is 4. The lowest BCUT2D eigenvalue weighted by atomic mass is 9.93. The number of nitrogens with one attached hydrogen (secondary N) is 4. The average molecular weight is 1060 g/mol. The number of piperidine rings is 1. The highest BCUT2D eigenvalue weighted by Gasteiger charge is 2.36. The average Bonchev–Trinajstić information content (AvgIpc) is 3.41. The van der Waals surface area contributed by atoms with Crippen molar-refractivity contribution in [3.8, 4) is 22.6 Å². The Kier molecular flexibility index (Phi) is 19.8. The number of methoxy groups -OCH3 is 1. The van der Waals surface area contributed by atoms with Crippen LogP contribution < -0.4 is 26.0 Å². The van der Waals surface area contributed by atoms with Gasteiger partial charge in [0.25, 0.3) is 5.91 Å². The molecular formula is C57H66Cl2N8O8. The van der Waals surface area contributed by atoms with E-state index in [1.165, 1.54) is 16.9 Å². The zero-order valence-corrected chi connectivity index (χ0v) is 44.5. The van der Waals surface area contributed by atoms with E-state index in [1.807, 2.05) is 67.6 Å². The Balaban J connectivity index is 1.18. The van der Waals surface area contributed by atoms with Gasteiger partial charge in [0.05, 0.1) is 19.1 Å². The lowest BCUT2D eigenvalue weighted by Crippen LogP contribution is -2.57. The number of amides is 6. The Labute approximate surface area is 448 Å². The van der Waals surface area contributed by atoms with Gasteiger partial charge < -0.3 is 45.4 Å². The van der Waals surface area contributed by atoms with Gasteiger partial charge in [0, 0.05) is 86.1 Å².